The Morgan fingerprint density at radius 1 is 1.41 bits per heavy atom. The van der Waals surface area contributed by atoms with Gasteiger partial charge in [-0.3, -0.25) is 0 Å². The summed E-state index contributed by atoms with van der Waals surface area (Å²) < 4.78 is 5.27. The first-order valence-electron chi connectivity index (χ1n) is 5.82. The van der Waals surface area contributed by atoms with Crippen molar-refractivity contribution in [1.82, 2.24) is 0 Å². The standard InChI is InChI=1S/C15H20O2/c1-10(2)15(16)17-13(5)9-14-8-11(3)6-7-12(14)4/h6-8,13H,1,9H2,2-5H3. The summed E-state index contributed by atoms with van der Waals surface area (Å²) in [6, 6.07) is 6.32. The van der Waals surface area contributed by atoms with Crippen LogP contribution in [0.15, 0.2) is 30.4 Å². The van der Waals surface area contributed by atoms with Crippen molar-refractivity contribution in [3.63, 3.8) is 0 Å². The quantitative estimate of drug-likeness (QED) is 0.588. The molecule has 0 aliphatic carbocycles. The molecule has 0 saturated carbocycles. The number of carbonyl (C=O) groups is 1. The normalized spacial score (nSPS) is 12.0. The van der Waals surface area contributed by atoms with E-state index in [1.807, 2.05) is 6.92 Å². The number of hydrogen-bond donors (Lipinski definition) is 0. The summed E-state index contributed by atoms with van der Waals surface area (Å²) in [7, 11) is 0. The van der Waals surface area contributed by atoms with Crippen LogP contribution in [0.1, 0.15) is 30.5 Å². The van der Waals surface area contributed by atoms with E-state index in [9.17, 15) is 4.79 Å². The SMILES string of the molecule is C=C(C)C(=O)OC(C)Cc1cc(C)ccc1C. The molecule has 92 valence electrons. The van der Waals surface area contributed by atoms with E-state index in [2.05, 4.69) is 38.6 Å². The van der Waals surface area contributed by atoms with Crippen molar-refractivity contribution >= 4 is 5.97 Å². The summed E-state index contributed by atoms with van der Waals surface area (Å²) in [5.41, 5.74) is 4.13. The molecule has 2 heteroatoms. The molecule has 2 nitrogen and oxygen atoms in total. The van der Waals surface area contributed by atoms with Crippen LogP contribution in [-0.4, -0.2) is 12.1 Å². The predicted molar refractivity (Wildman–Crippen MR) is 70.0 cm³/mol. The molecule has 1 aromatic rings. The van der Waals surface area contributed by atoms with Crippen LogP contribution in [-0.2, 0) is 16.0 Å². The van der Waals surface area contributed by atoms with E-state index in [1.54, 1.807) is 6.92 Å². The maximum absolute atomic E-state index is 11.4. The molecule has 17 heavy (non-hydrogen) atoms. The zero-order valence-electron chi connectivity index (χ0n) is 11.0. The zero-order chi connectivity index (χ0) is 13.0. The van der Waals surface area contributed by atoms with Gasteiger partial charge < -0.3 is 4.74 Å². The summed E-state index contributed by atoms with van der Waals surface area (Å²) >= 11 is 0. The largest absolute Gasteiger partial charge is 0.459 e. The highest BCUT2D eigenvalue weighted by atomic mass is 16.5. The van der Waals surface area contributed by atoms with Crippen LogP contribution >= 0.6 is 0 Å². The van der Waals surface area contributed by atoms with E-state index in [0.29, 0.717) is 5.57 Å². The summed E-state index contributed by atoms with van der Waals surface area (Å²) in [6.45, 7) is 11.3. The zero-order valence-corrected chi connectivity index (χ0v) is 11.0. The fourth-order valence-corrected chi connectivity index (χ4v) is 1.65. The minimum atomic E-state index is -0.317. The van der Waals surface area contributed by atoms with Crippen LogP contribution in [0, 0.1) is 13.8 Å². The summed E-state index contributed by atoms with van der Waals surface area (Å²) in [6.07, 6.45) is 0.617. The van der Waals surface area contributed by atoms with Gasteiger partial charge in [-0.25, -0.2) is 4.79 Å². The molecule has 0 aliphatic heterocycles. The molecular weight excluding hydrogens is 212 g/mol. The van der Waals surface area contributed by atoms with Gasteiger partial charge in [0.15, 0.2) is 0 Å². The fraction of sp³-hybridized carbons (Fsp3) is 0.400. The Labute approximate surface area is 103 Å². The van der Waals surface area contributed by atoms with Crippen molar-refractivity contribution < 1.29 is 9.53 Å². The molecule has 0 radical (unpaired) electrons. The van der Waals surface area contributed by atoms with Crippen molar-refractivity contribution in [2.75, 3.05) is 0 Å². The average molecular weight is 232 g/mol. The lowest BCUT2D eigenvalue weighted by molar-refractivity contribution is -0.143. The summed E-state index contributed by atoms with van der Waals surface area (Å²) in [4.78, 5) is 11.4. The molecule has 1 aromatic carbocycles. The van der Waals surface area contributed by atoms with Gasteiger partial charge in [-0.05, 0) is 38.8 Å². The lowest BCUT2D eigenvalue weighted by Crippen LogP contribution is -2.18. The van der Waals surface area contributed by atoms with Crippen LogP contribution < -0.4 is 0 Å². The minimum absolute atomic E-state index is 0.125. The first-order valence-corrected chi connectivity index (χ1v) is 5.82. The maximum atomic E-state index is 11.4. The fourth-order valence-electron chi connectivity index (χ4n) is 1.65. The van der Waals surface area contributed by atoms with Gasteiger partial charge in [0.25, 0.3) is 0 Å². The van der Waals surface area contributed by atoms with Crippen LogP contribution in [0.3, 0.4) is 0 Å². The topological polar surface area (TPSA) is 26.3 Å². The molecule has 0 saturated heterocycles. The molecule has 0 spiro atoms. The first kappa shape index (κ1) is 13.5. The van der Waals surface area contributed by atoms with Crippen LogP contribution in [0.25, 0.3) is 0 Å². The van der Waals surface area contributed by atoms with Crippen LogP contribution in [0.4, 0.5) is 0 Å². The van der Waals surface area contributed by atoms with Gasteiger partial charge in [-0.2, -0.15) is 0 Å². The van der Waals surface area contributed by atoms with E-state index in [4.69, 9.17) is 4.74 Å². The molecule has 0 N–H and O–H groups in total. The maximum Gasteiger partial charge on any atom is 0.333 e. The third-order valence-electron chi connectivity index (χ3n) is 2.67. The van der Waals surface area contributed by atoms with Crippen molar-refractivity contribution in [1.29, 1.82) is 0 Å². The Morgan fingerprint density at radius 3 is 2.65 bits per heavy atom. The van der Waals surface area contributed by atoms with Crippen LogP contribution in [0.5, 0.6) is 0 Å². The van der Waals surface area contributed by atoms with E-state index in [-0.39, 0.29) is 12.1 Å². The molecule has 1 atom stereocenters. The lowest BCUT2D eigenvalue weighted by Gasteiger charge is -2.15. The van der Waals surface area contributed by atoms with E-state index in [1.165, 1.54) is 16.7 Å². The molecule has 0 amide bonds. The van der Waals surface area contributed by atoms with Gasteiger partial charge >= 0.3 is 5.97 Å². The monoisotopic (exact) mass is 232 g/mol. The summed E-state index contributed by atoms with van der Waals surface area (Å²) in [5, 5.41) is 0. The van der Waals surface area contributed by atoms with Gasteiger partial charge in [0.1, 0.15) is 6.10 Å². The van der Waals surface area contributed by atoms with Crippen molar-refractivity contribution in [2.24, 2.45) is 0 Å². The molecule has 0 bridgehead atoms. The number of ether oxygens (including phenoxy) is 1. The Balaban J connectivity index is 2.68. The second-order valence-corrected chi connectivity index (χ2v) is 4.63. The Kier molecular flexibility index (Phi) is 4.50. The van der Waals surface area contributed by atoms with E-state index < -0.39 is 0 Å². The minimum Gasteiger partial charge on any atom is -0.459 e. The van der Waals surface area contributed by atoms with E-state index >= 15 is 0 Å². The molecule has 0 fully saturated rings. The van der Waals surface area contributed by atoms with Gasteiger partial charge in [-0.1, -0.05) is 30.3 Å². The molecular formula is C15H20O2. The van der Waals surface area contributed by atoms with Gasteiger partial charge in [0.2, 0.25) is 0 Å². The second-order valence-electron chi connectivity index (χ2n) is 4.63. The highest BCUT2D eigenvalue weighted by molar-refractivity contribution is 5.87. The smallest absolute Gasteiger partial charge is 0.333 e. The highest BCUT2D eigenvalue weighted by Gasteiger charge is 2.11. The average Bonchev–Trinajstić information content (AvgIpc) is 2.23. The summed E-state index contributed by atoms with van der Waals surface area (Å²) in [5.74, 6) is -0.317. The second kappa shape index (κ2) is 5.67. The Bertz CT molecular complexity index is 433. The molecule has 1 unspecified atom stereocenters. The third kappa shape index (κ3) is 4.06. The molecule has 0 heterocycles. The van der Waals surface area contributed by atoms with Gasteiger partial charge in [0.05, 0.1) is 0 Å². The van der Waals surface area contributed by atoms with Crippen molar-refractivity contribution in [3.05, 3.63) is 47.0 Å². The number of carbonyl (C=O) groups excluding carboxylic acids is 1. The van der Waals surface area contributed by atoms with Crippen LogP contribution in [0.2, 0.25) is 0 Å². The van der Waals surface area contributed by atoms with Crippen molar-refractivity contribution in [2.45, 2.75) is 40.2 Å². The number of rotatable bonds is 4. The molecule has 0 aromatic heterocycles. The lowest BCUT2D eigenvalue weighted by atomic mass is 10.0. The van der Waals surface area contributed by atoms with Gasteiger partial charge in [0, 0.05) is 12.0 Å². The third-order valence-corrected chi connectivity index (χ3v) is 2.67. The first-order chi connectivity index (χ1) is 7.90. The molecule has 0 aliphatic rings. The van der Waals surface area contributed by atoms with E-state index in [0.717, 1.165) is 6.42 Å². The molecule has 1 rings (SSSR count). The Hall–Kier alpha value is -1.57. The highest BCUT2D eigenvalue weighted by Crippen LogP contribution is 2.14. The Morgan fingerprint density at radius 2 is 2.06 bits per heavy atom. The number of esters is 1. The number of benzene rings is 1. The predicted octanol–water partition coefficient (Wildman–Crippen LogP) is 3.35. The number of aryl methyl sites for hydroxylation is 2. The number of hydrogen-bond acceptors (Lipinski definition) is 2. The van der Waals surface area contributed by atoms with Crippen molar-refractivity contribution in [3.8, 4) is 0 Å². The van der Waals surface area contributed by atoms with Gasteiger partial charge in [-0.15, -0.1) is 0 Å².